The number of benzene rings is 1. The Balaban J connectivity index is 3.01. The Labute approximate surface area is 113 Å². The maximum Gasteiger partial charge on any atom is 0.253 e. The number of aliphatic hydroxyl groups is 2. The molecule has 4 nitrogen and oxygen atoms in total. The van der Waals surface area contributed by atoms with Gasteiger partial charge in [0.05, 0.1) is 6.10 Å². The van der Waals surface area contributed by atoms with E-state index in [9.17, 15) is 9.90 Å². The van der Waals surface area contributed by atoms with E-state index in [-0.39, 0.29) is 19.1 Å². The normalized spacial score (nSPS) is 11.4. The molecule has 19 heavy (non-hydrogen) atoms. The first-order chi connectivity index (χ1) is 8.95. The second-order valence-corrected chi connectivity index (χ2v) is 4.52. The number of hydrogen-bond donors (Lipinski definition) is 2. The smallest absolute Gasteiger partial charge is 0.253 e. The fourth-order valence-corrected chi connectivity index (χ4v) is 1.76. The van der Waals surface area contributed by atoms with Gasteiger partial charge in [0, 0.05) is 24.7 Å². The molecule has 0 radical (unpaired) electrons. The molecule has 0 bridgehead atoms. The Morgan fingerprint density at radius 2 is 2.16 bits per heavy atom. The zero-order chi connectivity index (χ0) is 14.4. The molecule has 0 aliphatic rings. The quantitative estimate of drug-likeness (QED) is 0.791. The average Bonchev–Trinajstić information content (AvgIpc) is 2.36. The first kappa shape index (κ1) is 15.2. The molecule has 0 aliphatic heterocycles. The summed E-state index contributed by atoms with van der Waals surface area (Å²) in [5, 5.41) is 18.0. The van der Waals surface area contributed by atoms with Crippen LogP contribution in [0.15, 0.2) is 18.2 Å². The number of rotatable bonds is 3. The van der Waals surface area contributed by atoms with Crippen LogP contribution in [0.3, 0.4) is 0 Å². The summed E-state index contributed by atoms with van der Waals surface area (Å²) in [6, 6.07) is 5.34. The maximum absolute atomic E-state index is 12.2. The highest BCUT2D eigenvalue weighted by atomic mass is 16.3. The third-order valence-electron chi connectivity index (χ3n) is 2.66. The minimum absolute atomic E-state index is 0.147. The lowest BCUT2D eigenvalue weighted by atomic mass is 10.0. The SMILES string of the molecule is Cc1ccc(C#CCO)cc1C(=O)N(C)CC(C)O. The van der Waals surface area contributed by atoms with Crippen molar-refractivity contribution in [3.05, 3.63) is 34.9 Å². The van der Waals surface area contributed by atoms with E-state index in [0.29, 0.717) is 11.1 Å². The van der Waals surface area contributed by atoms with Crippen LogP contribution < -0.4 is 0 Å². The summed E-state index contributed by atoms with van der Waals surface area (Å²) in [6.07, 6.45) is -0.563. The number of nitrogens with zero attached hydrogens (tertiary/aromatic N) is 1. The van der Waals surface area contributed by atoms with Crippen molar-refractivity contribution in [3.8, 4) is 11.8 Å². The molecule has 1 aromatic carbocycles. The van der Waals surface area contributed by atoms with E-state index in [1.807, 2.05) is 19.1 Å². The maximum atomic E-state index is 12.2. The summed E-state index contributed by atoms with van der Waals surface area (Å²) in [7, 11) is 1.65. The van der Waals surface area contributed by atoms with Crippen LogP contribution in [0.25, 0.3) is 0 Å². The molecule has 1 atom stereocenters. The number of carbonyl (C=O) groups excluding carboxylic acids is 1. The van der Waals surface area contributed by atoms with Crippen molar-refractivity contribution in [3.63, 3.8) is 0 Å². The van der Waals surface area contributed by atoms with Crippen molar-refractivity contribution in [2.75, 3.05) is 20.2 Å². The second kappa shape index (κ2) is 6.93. The molecule has 102 valence electrons. The van der Waals surface area contributed by atoms with Crippen LogP contribution in [0, 0.1) is 18.8 Å². The van der Waals surface area contributed by atoms with Gasteiger partial charge in [0.15, 0.2) is 0 Å². The molecule has 4 heteroatoms. The van der Waals surface area contributed by atoms with Gasteiger partial charge in [0.25, 0.3) is 5.91 Å². The van der Waals surface area contributed by atoms with Gasteiger partial charge < -0.3 is 15.1 Å². The molecule has 0 saturated carbocycles. The summed E-state index contributed by atoms with van der Waals surface area (Å²) < 4.78 is 0. The zero-order valence-electron chi connectivity index (χ0n) is 11.5. The van der Waals surface area contributed by atoms with Crippen LogP contribution in [-0.2, 0) is 0 Å². The molecule has 0 aliphatic carbocycles. The highest BCUT2D eigenvalue weighted by molar-refractivity contribution is 5.95. The summed E-state index contributed by atoms with van der Waals surface area (Å²) in [5.41, 5.74) is 2.11. The lowest BCUT2D eigenvalue weighted by Gasteiger charge is -2.20. The fraction of sp³-hybridized carbons (Fsp3) is 0.400. The lowest BCUT2D eigenvalue weighted by Crippen LogP contribution is -2.33. The van der Waals surface area contributed by atoms with E-state index in [4.69, 9.17) is 5.11 Å². The molecule has 0 fully saturated rings. The number of amides is 1. The van der Waals surface area contributed by atoms with Gasteiger partial charge in [-0.25, -0.2) is 0 Å². The highest BCUT2D eigenvalue weighted by Gasteiger charge is 2.15. The summed E-state index contributed by atoms with van der Waals surface area (Å²) in [5.74, 6) is 5.18. The zero-order valence-corrected chi connectivity index (χ0v) is 11.5. The Bertz CT molecular complexity index is 512. The lowest BCUT2D eigenvalue weighted by molar-refractivity contribution is 0.0703. The standard InChI is InChI=1S/C15H19NO3/c1-11-6-7-13(5-4-8-17)9-14(11)15(19)16(3)10-12(2)18/h6-7,9,12,17-18H,8,10H2,1-3H3. The largest absolute Gasteiger partial charge is 0.392 e. The first-order valence-corrected chi connectivity index (χ1v) is 6.09. The van der Waals surface area contributed by atoms with Crippen molar-refractivity contribution in [2.45, 2.75) is 20.0 Å². The third kappa shape index (κ3) is 4.40. The van der Waals surface area contributed by atoms with Crippen LogP contribution >= 0.6 is 0 Å². The van der Waals surface area contributed by atoms with Crippen LogP contribution in [0.5, 0.6) is 0 Å². The summed E-state index contributed by atoms with van der Waals surface area (Å²) >= 11 is 0. The van der Waals surface area contributed by atoms with Crippen molar-refractivity contribution in [1.82, 2.24) is 4.90 Å². The third-order valence-corrected chi connectivity index (χ3v) is 2.66. The molecule has 1 amide bonds. The van der Waals surface area contributed by atoms with E-state index in [0.717, 1.165) is 5.56 Å². The molecular formula is C15H19NO3. The minimum Gasteiger partial charge on any atom is -0.392 e. The van der Waals surface area contributed by atoms with Crippen molar-refractivity contribution < 1.29 is 15.0 Å². The van der Waals surface area contributed by atoms with E-state index in [1.165, 1.54) is 4.90 Å². The molecule has 0 saturated heterocycles. The van der Waals surface area contributed by atoms with E-state index in [2.05, 4.69) is 11.8 Å². The van der Waals surface area contributed by atoms with Crippen LogP contribution in [0.2, 0.25) is 0 Å². The van der Waals surface area contributed by atoms with Crippen LogP contribution in [0.4, 0.5) is 0 Å². The van der Waals surface area contributed by atoms with Gasteiger partial charge in [-0.15, -0.1) is 0 Å². The molecule has 0 aromatic heterocycles. The Kier molecular flexibility index (Phi) is 5.56. The topological polar surface area (TPSA) is 60.8 Å². The molecule has 2 N–H and O–H groups in total. The van der Waals surface area contributed by atoms with Gasteiger partial charge in [0.2, 0.25) is 0 Å². The van der Waals surface area contributed by atoms with Crippen LogP contribution in [0.1, 0.15) is 28.4 Å². The van der Waals surface area contributed by atoms with Gasteiger partial charge in [-0.3, -0.25) is 4.79 Å². The molecule has 0 spiro atoms. The highest BCUT2D eigenvalue weighted by Crippen LogP contribution is 2.13. The minimum atomic E-state index is -0.563. The number of hydrogen-bond acceptors (Lipinski definition) is 3. The van der Waals surface area contributed by atoms with E-state index < -0.39 is 6.10 Å². The van der Waals surface area contributed by atoms with Gasteiger partial charge in [0.1, 0.15) is 6.61 Å². The number of aliphatic hydroxyl groups excluding tert-OH is 2. The Morgan fingerprint density at radius 1 is 1.47 bits per heavy atom. The molecular weight excluding hydrogens is 242 g/mol. The van der Waals surface area contributed by atoms with Gasteiger partial charge >= 0.3 is 0 Å². The predicted molar refractivity (Wildman–Crippen MR) is 73.8 cm³/mol. The molecule has 1 rings (SSSR count). The first-order valence-electron chi connectivity index (χ1n) is 6.09. The molecule has 0 heterocycles. The number of likely N-dealkylation sites (N-methyl/N-ethyl adjacent to an activating group) is 1. The predicted octanol–water partition coefficient (Wildman–Crippen LogP) is 0.792. The second-order valence-electron chi connectivity index (χ2n) is 4.52. The van der Waals surface area contributed by atoms with Gasteiger partial charge in [-0.1, -0.05) is 17.9 Å². The fourth-order valence-electron chi connectivity index (χ4n) is 1.76. The number of carbonyl (C=O) groups is 1. The summed E-state index contributed by atoms with van der Waals surface area (Å²) in [6.45, 7) is 3.57. The van der Waals surface area contributed by atoms with Gasteiger partial charge in [-0.05, 0) is 31.5 Å². The van der Waals surface area contributed by atoms with E-state index in [1.54, 1.807) is 20.0 Å². The van der Waals surface area contributed by atoms with Crippen molar-refractivity contribution >= 4 is 5.91 Å². The van der Waals surface area contributed by atoms with Gasteiger partial charge in [-0.2, -0.15) is 0 Å². The average molecular weight is 261 g/mol. The van der Waals surface area contributed by atoms with Crippen LogP contribution in [-0.4, -0.2) is 47.3 Å². The van der Waals surface area contributed by atoms with Crippen molar-refractivity contribution in [1.29, 1.82) is 0 Å². The van der Waals surface area contributed by atoms with Crippen molar-refractivity contribution in [2.24, 2.45) is 0 Å². The molecule has 1 unspecified atom stereocenters. The Hall–Kier alpha value is -1.83. The Morgan fingerprint density at radius 3 is 2.74 bits per heavy atom. The monoisotopic (exact) mass is 261 g/mol. The van der Waals surface area contributed by atoms with E-state index >= 15 is 0 Å². The molecule has 1 aromatic rings. The summed E-state index contributed by atoms with van der Waals surface area (Å²) in [4.78, 5) is 13.7. The number of aryl methyl sites for hydroxylation is 1.